The van der Waals surface area contributed by atoms with Gasteiger partial charge >= 0.3 is 13.2 Å². The average Bonchev–Trinajstić information content (AvgIpc) is 3.43. The second-order valence-corrected chi connectivity index (χ2v) is 16.9. The summed E-state index contributed by atoms with van der Waals surface area (Å²) < 4.78 is 35.0. The molecule has 17 heteroatoms. The number of carbonyl (C=O) groups excluding carboxylic acids is 4. The molecule has 16 nitrogen and oxygen atoms in total. The molecule has 324 valence electrons. The van der Waals surface area contributed by atoms with E-state index >= 15 is 0 Å². The van der Waals surface area contributed by atoms with Crippen LogP contribution in [0.1, 0.15) is 108 Å². The Bertz CT molecular complexity index is 2260. The number of phenolic OH excluding ortho intramolecular Hbond substituents is 2. The Morgan fingerprint density at radius 2 is 1.61 bits per heavy atom. The Kier molecular flexibility index (Phi) is 12.0. The second kappa shape index (κ2) is 16.6. The van der Waals surface area contributed by atoms with Crippen molar-refractivity contribution in [1.82, 2.24) is 5.32 Å². The van der Waals surface area contributed by atoms with Crippen LogP contribution in [0.4, 0.5) is 4.79 Å². The number of aliphatic hydroxyl groups is 3. The van der Waals surface area contributed by atoms with Gasteiger partial charge in [-0.25, -0.2) is 4.79 Å². The molecule has 3 aromatic rings. The molecule has 2 aliphatic heterocycles. The fourth-order valence-corrected chi connectivity index (χ4v) is 8.25. The molecule has 0 radical (unpaired) electrons. The van der Waals surface area contributed by atoms with E-state index < -0.39 is 120 Å². The van der Waals surface area contributed by atoms with Gasteiger partial charge in [0.25, 0.3) is 0 Å². The van der Waals surface area contributed by atoms with Crippen LogP contribution in [0.15, 0.2) is 54.5 Å². The first kappa shape index (κ1) is 43.9. The minimum atomic E-state index is -2.35. The third-order valence-corrected chi connectivity index (χ3v) is 12.4. The number of Topliss-reactive ketones (excluding diaryl/α,β-unsaturated/α-hetero) is 1. The summed E-state index contributed by atoms with van der Waals surface area (Å²) in [5, 5.41) is 58.4. The van der Waals surface area contributed by atoms with Gasteiger partial charge in [0.05, 0.1) is 53.3 Å². The Morgan fingerprint density at radius 3 is 2.26 bits per heavy atom. The molecule has 61 heavy (non-hydrogen) atoms. The van der Waals surface area contributed by atoms with Gasteiger partial charge in [0.1, 0.15) is 42.2 Å². The molecule has 2 aliphatic carbocycles. The van der Waals surface area contributed by atoms with Crippen LogP contribution in [0, 0.1) is 0 Å². The van der Waals surface area contributed by atoms with E-state index in [0.29, 0.717) is 12.0 Å². The lowest BCUT2D eigenvalue weighted by atomic mass is 9.72. The number of allylic oxidation sites excluding steroid dienone is 1. The lowest BCUT2D eigenvalue weighted by Gasteiger charge is -2.42. The van der Waals surface area contributed by atoms with E-state index in [2.05, 4.69) is 5.32 Å². The summed E-state index contributed by atoms with van der Waals surface area (Å²) in [6.07, 6.45) is -4.56. The minimum absolute atomic E-state index is 0.0609. The zero-order chi connectivity index (χ0) is 44.2. The number of benzene rings is 3. The van der Waals surface area contributed by atoms with Gasteiger partial charge in [-0.2, -0.15) is 0 Å². The van der Waals surface area contributed by atoms with Crippen LogP contribution in [-0.2, 0) is 47.8 Å². The zero-order valence-corrected chi connectivity index (χ0v) is 34.7. The van der Waals surface area contributed by atoms with Gasteiger partial charge in [0.15, 0.2) is 17.9 Å². The average molecular weight is 844 g/mol. The van der Waals surface area contributed by atoms with E-state index in [0.717, 1.165) is 5.56 Å². The molecule has 6 atom stereocenters. The lowest BCUT2D eigenvalue weighted by molar-refractivity contribution is -0.249. The highest BCUT2D eigenvalue weighted by Gasteiger charge is 2.51. The number of hydrogen-bond acceptors (Lipinski definition) is 15. The molecule has 0 unspecified atom stereocenters. The summed E-state index contributed by atoms with van der Waals surface area (Å²) in [5.41, 5.74) is -3.19. The molecule has 4 aliphatic rings. The molecule has 6 N–H and O–H groups in total. The van der Waals surface area contributed by atoms with Crippen molar-refractivity contribution >= 4 is 30.6 Å². The molecule has 0 aromatic heterocycles. The van der Waals surface area contributed by atoms with Crippen LogP contribution >= 0.6 is 0 Å². The number of aliphatic hydroxyl groups excluding tert-OH is 2. The van der Waals surface area contributed by atoms with E-state index in [1.165, 1.54) is 32.2 Å². The molecular formula is C44H50BNO15. The molecule has 2 fully saturated rings. The van der Waals surface area contributed by atoms with Crippen LogP contribution in [0.3, 0.4) is 0 Å². The number of alkyl carbamates (subject to hydrolysis) is 1. The van der Waals surface area contributed by atoms with Crippen molar-refractivity contribution in [2.24, 2.45) is 0 Å². The van der Waals surface area contributed by atoms with Gasteiger partial charge in [-0.05, 0) is 58.2 Å². The Hall–Kier alpha value is -5.14. The molecule has 0 saturated carbocycles. The molecule has 3 aromatic carbocycles. The van der Waals surface area contributed by atoms with Gasteiger partial charge in [-0.15, -0.1) is 0 Å². The summed E-state index contributed by atoms with van der Waals surface area (Å²) in [6, 6.07) is 10.8. The predicted molar refractivity (Wildman–Crippen MR) is 216 cm³/mol. The van der Waals surface area contributed by atoms with E-state index in [1.807, 2.05) is 64.0 Å². The Balaban J connectivity index is 1.05. The van der Waals surface area contributed by atoms with Crippen LogP contribution < -0.4 is 10.1 Å². The maximum Gasteiger partial charge on any atom is 0.486 e. The third-order valence-electron chi connectivity index (χ3n) is 12.4. The number of aromatic hydroxyl groups is 2. The number of carbonyl (C=O) groups is 4. The molecule has 2 heterocycles. The summed E-state index contributed by atoms with van der Waals surface area (Å²) >= 11 is 0. The first-order valence-corrected chi connectivity index (χ1v) is 20.0. The number of amides is 1. The number of ether oxygens (including phenoxy) is 4. The predicted octanol–water partition coefficient (Wildman–Crippen LogP) is 3.70. The fraction of sp³-hybridized carbons (Fsp3) is 0.455. The summed E-state index contributed by atoms with van der Waals surface area (Å²) in [6.45, 7) is 8.34. The first-order chi connectivity index (χ1) is 28.8. The van der Waals surface area contributed by atoms with Crippen molar-refractivity contribution in [2.75, 3.05) is 13.7 Å². The topological polar surface area (TPSA) is 237 Å². The van der Waals surface area contributed by atoms with Crippen molar-refractivity contribution in [3.05, 3.63) is 99.0 Å². The van der Waals surface area contributed by atoms with Crippen molar-refractivity contribution in [1.29, 1.82) is 0 Å². The zero-order valence-electron chi connectivity index (χ0n) is 34.7. The molecule has 7 rings (SSSR count). The summed E-state index contributed by atoms with van der Waals surface area (Å²) in [5.74, 6) is -2.19. The number of phenols is 2. The van der Waals surface area contributed by atoms with Crippen molar-refractivity contribution in [3.8, 4) is 17.2 Å². The van der Waals surface area contributed by atoms with Crippen molar-refractivity contribution < 1.29 is 73.0 Å². The van der Waals surface area contributed by atoms with Crippen LogP contribution in [-0.4, -0.2) is 111 Å². The summed E-state index contributed by atoms with van der Waals surface area (Å²) in [4.78, 5) is 53.8. The highest BCUT2D eigenvalue weighted by molar-refractivity contribution is 6.51. The van der Waals surface area contributed by atoms with Gasteiger partial charge in [0.2, 0.25) is 5.78 Å². The van der Waals surface area contributed by atoms with Gasteiger partial charge < -0.3 is 59.1 Å². The molecule has 1 amide bonds. The molecule has 0 bridgehead atoms. The van der Waals surface area contributed by atoms with E-state index in [9.17, 15) is 44.7 Å². The van der Waals surface area contributed by atoms with Gasteiger partial charge in [-0.3, -0.25) is 14.4 Å². The van der Waals surface area contributed by atoms with E-state index in [-0.39, 0.29) is 41.0 Å². The Labute approximate surface area is 352 Å². The normalized spacial score (nSPS) is 26.4. The summed E-state index contributed by atoms with van der Waals surface area (Å²) in [7, 11) is 0.864. The number of fused-ring (bicyclic) bond motifs is 3. The van der Waals surface area contributed by atoms with Crippen molar-refractivity contribution in [2.45, 2.75) is 114 Å². The standard InChI is InChI=1S/C44H50BNO15/c1-22-36(49)27(46-41(54)57-21-24-14-12-23(13-15-24)9-8-16-45-60-42(2,3)43(4,5)61-45)17-31(58-22)59-29-19-44(55,30(48)20-47)18-26-33(29)40(53)35-34(38(26)51)37(50)25-10-7-11-28(56-6)32(25)39(35)52/h7-8,10-16,22,27,29,31,36,47,49,51,53,55H,9,17-21H2,1-6H3,(H,46,54)/b16-8+/t22-,27-,29-,31-,36+,44-/m0/s1. The van der Waals surface area contributed by atoms with Crippen molar-refractivity contribution in [3.63, 3.8) is 0 Å². The molecular weight excluding hydrogens is 793 g/mol. The second-order valence-electron chi connectivity index (χ2n) is 16.9. The van der Waals surface area contributed by atoms with E-state index in [4.69, 9.17) is 28.3 Å². The SMILES string of the molecule is COc1cccc2c1C(=O)c1c(O)c3c(c(O)c1C2=O)C[C@@](O)(C(=O)CO)C[C@@H]3O[C@H]1C[C@H](NC(=O)OCc2ccc(C/C=C/B3OC(C)(C)C(C)(C)O3)cc2)[C@H](O)[C@H](C)O1. The smallest absolute Gasteiger partial charge is 0.486 e. The number of ketones is 3. The van der Waals surface area contributed by atoms with E-state index in [1.54, 1.807) is 0 Å². The highest BCUT2D eigenvalue weighted by Crippen LogP contribution is 2.52. The lowest BCUT2D eigenvalue weighted by Crippen LogP contribution is -2.56. The van der Waals surface area contributed by atoms with Crippen LogP contribution in [0.25, 0.3) is 0 Å². The van der Waals surface area contributed by atoms with Crippen LogP contribution in [0.5, 0.6) is 17.2 Å². The highest BCUT2D eigenvalue weighted by atomic mass is 16.7. The third kappa shape index (κ3) is 8.19. The fourth-order valence-electron chi connectivity index (χ4n) is 8.25. The van der Waals surface area contributed by atoms with Gasteiger partial charge in [-0.1, -0.05) is 48.4 Å². The largest absolute Gasteiger partial charge is 0.507 e. The molecule has 0 spiro atoms. The van der Waals surface area contributed by atoms with Crippen LogP contribution in [0.2, 0.25) is 0 Å². The first-order valence-electron chi connectivity index (χ1n) is 20.0. The maximum atomic E-state index is 14.0. The number of hydrogen-bond donors (Lipinski definition) is 6. The number of rotatable bonds is 11. The Morgan fingerprint density at radius 1 is 0.951 bits per heavy atom. The maximum absolute atomic E-state index is 14.0. The molecule has 2 saturated heterocycles. The van der Waals surface area contributed by atoms with Gasteiger partial charge in [0, 0.05) is 36.0 Å². The number of methoxy groups -OCH3 is 1. The monoisotopic (exact) mass is 843 g/mol. The number of nitrogens with one attached hydrogen (secondary N) is 1. The minimum Gasteiger partial charge on any atom is -0.507 e. The quantitative estimate of drug-likeness (QED) is 0.0933.